The van der Waals surface area contributed by atoms with Gasteiger partial charge in [0.05, 0.1) is 12.6 Å². The van der Waals surface area contributed by atoms with Gasteiger partial charge in [0.15, 0.2) is 0 Å². The van der Waals surface area contributed by atoms with Gasteiger partial charge in [0, 0.05) is 25.7 Å². The fraction of sp³-hybridized carbons (Fsp3) is 0.857. The van der Waals surface area contributed by atoms with Crippen LogP contribution in [0.15, 0.2) is 0 Å². The highest BCUT2D eigenvalue weighted by molar-refractivity contribution is 5.87. The van der Waals surface area contributed by atoms with Gasteiger partial charge in [-0.25, -0.2) is 0 Å². The molecule has 2 aliphatic heterocycles. The fourth-order valence-corrected chi connectivity index (χ4v) is 2.91. The number of carbonyl (C=O) groups excluding carboxylic acids is 2. The molecule has 2 aliphatic rings. The van der Waals surface area contributed by atoms with E-state index >= 15 is 0 Å². The Morgan fingerprint density at radius 2 is 1.91 bits per heavy atom. The molecule has 8 heteroatoms. The monoisotopic (exact) mass is 354 g/mol. The molecule has 0 spiro atoms. The average Bonchev–Trinajstić information content (AvgIpc) is 2.90. The lowest BCUT2D eigenvalue weighted by molar-refractivity contribution is -0.135. The van der Waals surface area contributed by atoms with Crippen LogP contribution in [0, 0.1) is 5.92 Å². The minimum atomic E-state index is -0.547. The molecule has 22 heavy (non-hydrogen) atoms. The van der Waals surface area contributed by atoms with Crippen molar-refractivity contribution in [2.24, 2.45) is 11.7 Å². The molecule has 2 saturated heterocycles. The molecule has 2 heterocycles. The first-order valence-corrected chi connectivity index (χ1v) is 7.54. The van der Waals surface area contributed by atoms with E-state index in [0.717, 1.165) is 26.2 Å². The topological polar surface area (TPSA) is 78.7 Å². The second-order valence-corrected chi connectivity index (χ2v) is 6.16. The SMILES string of the molecule is CC(C)[C@H](N)C(=O)NCC(=O)N1CCN2CCCC2C1.Cl.Cl. The summed E-state index contributed by atoms with van der Waals surface area (Å²) in [5.74, 6) is -0.166. The van der Waals surface area contributed by atoms with E-state index in [1.807, 2.05) is 18.7 Å². The second kappa shape index (κ2) is 9.55. The molecule has 0 bridgehead atoms. The predicted molar refractivity (Wildman–Crippen MR) is 91.5 cm³/mol. The molecule has 2 rings (SSSR count). The Morgan fingerprint density at radius 3 is 2.55 bits per heavy atom. The number of halogens is 2. The van der Waals surface area contributed by atoms with Crippen molar-refractivity contribution < 1.29 is 9.59 Å². The summed E-state index contributed by atoms with van der Waals surface area (Å²) >= 11 is 0. The predicted octanol–water partition coefficient (Wildman–Crippen LogP) is 0.236. The first-order chi connectivity index (χ1) is 9.49. The third-order valence-corrected chi connectivity index (χ3v) is 4.37. The summed E-state index contributed by atoms with van der Waals surface area (Å²) in [5, 5.41) is 2.65. The molecule has 1 unspecified atom stereocenters. The molecule has 130 valence electrons. The number of carbonyl (C=O) groups is 2. The van der Waals surface area contributed by atoms with E-state index in [-0.39, 0.29) is 49.1 Å². The number of nitrogens with zero attached hydrogens (tertiary/aromatic N) is 2. The van der Waals surface area contributed by atoms with Crippen molar-refractivity contribution in [2.75, 3.05) is 32.7 Å². The summed E-state index contributed by atoms with van der Waals surface area (Å²) in [5.41, 5.74) is 5.75. The lowest BCUT2D eigenvalue weighted by atomic mass is 10.1. The van der Waals surface area contributed by atoms with Crippen LogP contribution in [0.1, 0.15) is 26.7 Å². The maximum atomic E-state index is 12.1. The molecule has 0 radical (unpaired) electrons. The lowest BCUT2D eigenvalue weighted by Gasteiger charge is -2.37. The largest absolute Gasteiger partial charge is 0.346 e. The highest BCUT2D eigenvalue weighted by Gasteiger charge is 2.32. The molecule has 0 aromatic heterocycles. The zero-order chi connectivity index (χ0) is 14.7. The van der Waals surface area contributed by atoms with E-state index < -0.39 is 6.04 Å². The van der Waals surface area contributed by atoms with Gasteiger partial charge in [0.1, 0.15) is 0 Å². The zero-order valence-electron chi connectivity index (χ0n) is 13.3. The Balaban J connectivity index is 0.00000220. The van der Waals surface area contributed by atoms with E-state index in [1.165, 1.54) is 12.8 Å². The molecule has 6 nitrogen and oxygen atoms in total. The Labute approximate surface area is 145 Å². The molecule has 0 aromatic rings. The normalized spacial score (nSPS) is 22.4. The average molecular weight is 355 g/mol. The quantitative estimate of drug-likeness (QED) is 0.757. The third-order valence-electron chi connectivity index (χ3n) is 4.37. The maximum Gasteiger partial charge on any atom is 0.242 e. The van der Waals surface area contributed by atoms with Crippen LogP contribution in [-0.4, -0.2) is 66.4 Å². The summed E-state index contributed by atoms with van der Waals surface area (Å²) in [6.07, 6.45) is 2.40. The van der Waals surface area contributed by atoms with Crippen molar-refractivity contribution in [1.82, 2.24) is 15.1 Å². The first kappa shape index (κ1) is 21.4. The highest BCUT2D eigenvalue weighted by Crippen LogP contribution is 2.21. The summed E-state index contributed by atoms with van der Waals surface area (Å²) in [6, 6.07) is -0.0317. The summed E-state index contributed by atoms with van der Waals surface area (Å²) in [7, 11) is 0. The number of hydrogen-bond donors (Lipinski definition) is 2. The Bertz CT molecular complexity index is 382. The van der Waals surface area contributed by atoms with Gasteiger partial charge in [-0.3, -0.25) is 14.5 Å². The molecule has 0 aromatic carbocycles. The number of amides is 2. The zero-order valence-corrected chi connectivity index (χ0v) is 14.9. The van der Waals surface area contributed by atoms with Crippen LogP contribution in [-0.2, 0) is 9.59 Å². The van der Waals surface area contributed by atoms with Gasteiger partial charge in [-0.15, -0.1) is 24.8 Å². The van der Waals surface area contributed by atoms with Gasteiger partial charge >= 0.3 is 0 Å². The smallest absolute Gasteiger partial charge is 0.242 e. The van der Waals surface area contributed by atoms with Gasteiger partial charge < -0.3 is 16.0 Å². The van der Waals surface area contributed by atoms with Crippen LogP contribution in [0.5, 0.6) is 0 Å². The van der Waals surface area contributed by atoms with Crippen molar-refractivity contribution >= 4 is 36.6 Å². The van der Waals surface area contributed by atoms with Crippen LogP contribution in [0.3, 0.4) is 0 Å². The Morgan fingerprint density at radius 1 is 1.23 bits per heavy atom. The third kappa shape index (κ3) is 5.26. The molecule has 0 saturated carbocycles. The number of fused-ring (bicyclic) bond motifs is 1. The van der Waals surface area contributed by atoms with Crippen molar-refractivity contribution in [3.8, 4) is 0 Å². The fourth-order valence-electron chi connectivity index (χ4n) is 2.91. The molecule has 3 N–H and O–H groups in total. The van der Waals surface area contributed by atoms with E-state index in [2.05, 4.69) is 10.2 Å². The minimum absolute atomic E-state index is 0. The standard InChI is InChI=1S/C14H26N4O2.2ClH/c1-10(2)13(15)14(20)16-8-12(19)18-7-6-17-5-3-4-11(17)9-18;;/h10-11,13H,3-9,15H2,1-2H3,(H,16,20);2*1H/t11?,13-;;/m0../s1. The number of nitrogens with one attached hydrogen (secondary N) is 1. The molecule has 2 atom stereocenters. The second-order valence-electron chi connectivity index (χ2n) is 6.16. The van der Waals surface area contributed by atoms with Crippen molar-refractivity contribution in [3.63, 3.8) is 0 Å². The van der Waals surface area contributed by atoms with E-state index in [9.17, 15) is 9.59 Å². The Hall–Kier alpha value is -0.560. The van der Waals surface area contributed by atoms with Crippen LogP contribution >= 0.6 is 24.8 Å². The van der Waals surface area contributed by atoms with Crippen molar-refractivity contribution in [3.05, 3.63) is 0 Å². The minimum Gasteiger partial charge on any atom is -0.346 e. The van der Waals surface area contributed by atoms with Crippen LogP contribution in [0.25, 0.3) is 0 Å². The van der Waals surface area contributed by atoms with Gasteiger partial charge in [0.25, 0.3) is 0 Å². The van der Waals surface area contributed by atoms with E-state index in [4.69, 9.17) is 5.73 Å². The van der Waals surface area contributed by atoms with Crippen LogP contribution in [0.2, 0.25) is 0 Å². The summed E-state index contributed by atoms with van der Waals surface area (Å²) < 4.78 is 0. The molecule has 0 aliphatic carbocycles. The Kier molecular flexibility index (Phi) is 9.31. The van der Waals surface area contributed by atoms with Gasteiger partial charge in [-0.05, 0) is 25.3 Å². The van der Waals surface area contributed by atoms with Gasteiger partial charge in [-0.2, -0.15) is 0 Å². The summed E-state index contributed by atoms with van der Waals surface area (Å²) in [6.45, 7) is 7.53. The van der Waals surface area contributed by atoms with Gasteiger partial charge in [0.2, 0.25) is 11.8 Å². The number of piperazine rings is 1. The lowest BCUT2D eigenvalue weighted by Crippen LogP contribution is -2.55. The number of hydrogen-bond acceptors (Lipinski definition) is 4. The number of nitrogens with two attached hydrogens (primary N) is 1. The molecule has 2 fully saturated rings. The number of rotatable bonds is 4. The van der Waals surface area contributed by atoms with Crippen LogP contribution in [0.4, 0.5) is 0 Å². The highest BCUT2D eigenvalue weighted by atomic mass is 35.5. The first-order valence-electron chi connectivity index (χ1n) is 7.54. The van der Waals surface area contributed by atoms with Crippen LogP contribution < -0.4 is 11.1 Å². The molecular weight excluding hydrogens is 327 g/mol. The summed E-state index contributed by atoms with van der Waals surface area (Å²) in [4.78, 5) is 28.2. The molecular formula is C14H28Cl2N4O2. The van der Waals surface area contributed by atoms with Gasteiger partial charge in [-0.1, -0.05) is 13.8 Å². The van der Waals surface area contributed by atoms with Crippen molar-refractivity contribution in [2.45, 2.75) is 38.8 Å². The van der Waals surface area contributed by atoms with Crippen molar-refractivity contribution in [1.29, 1.82) is 0 Å². The molecule has 2 amide bonds. The van der Waals surface area contributed by atoms with E-state index in [0.29, 0.717) is 6.04 Å². The van der Waals surface area contributed by atoms with E-state index in [1.54, 1.807) is 0 Å². The maximum absolute atomic E-state index is 12.1.